The van der Waals surface area contributed by atoms with Crippen LogP contribution >= 0.6 is 11.6 Å². The maximum absolute atomic E-state index is 11.6. The highest BCUT2D eigenvalue weighted by atomic mass is 35.5. The van der Waals surface area contributed by atoms with E-state index < -0.39 is 0 Å². The van der Waals surface area contributed by atoms with Crippen LogP contribution in [0.4, 0.5) is 0 Å². The molecule has 3 nitrogen and oxygen atoms in total. The van der Waals surface area contributed by atoms with E-state index in [1.165, 1.54) is 0 Å². The second kappa shape index (κ2) is 6.48. The van der Waals surface area contributed by atoms with Crippen molar-refractivity contribution in [2.24, 2.45) is 0 Å². The average Bonchev–Trinajstić information content (AvgIpc) is 2.25. The summed E-state index contributed by atoms with van der Waals surface area (Å²) in [4.78, 5) is 15.7. The lowest BCUT2D eigenvalue weighted by Crippen LogP contribution is -2.24. The molecule has 1 heterocycles. The van der Waals surface area contributed by atoms with Gasteiger partial charge >= 0.3 is 0 Å². The van der Waals surface area contributed by atoms with Gasteiger partial charge in [-0.25, -0.2) is 0 Å². The van der Waals surface area contributed by atoms with Crippen molar-refractivity contribution < 1.29 is 4.79 Å². The first kappa shape index (κ1) is 13.0. The Balaban J connectivity index is 2.32. The fourth-order valence-corrected chi connectivity index (χ4v) is 1.44. The predicted molar refractivity (Wildman–Crippen MR) is 65.9 cm³/mol. The highest BCUT2D eigenvalue weighted by Crippen LogP contribution is 2.03. The molecular weight excluding hydrogens is 224 g/mol. The van der Waals surface area contributed by atoms with Crippen LogP contribution in [0.25, 0.3) is 0 Å². The van der Waals surface area contributed by atoms with Crippen molar-refractivity contribution in [2.45, 2.75) is 32.1 Å². The molecule has 0 aromatic carbocycles. The number of alkyl halides is 1. The van der Waals surface area contributed by atoms with Gasteiger partial charge in [-0.2, -0.15) is 0 Å². The van der Waals surface area contributed by atoms with Crippen molar-refractivity contribution in [3.63, 3.8) is 0 Å². The number of carbonyl (C=O) groups excluding carboxylic acids is 1. The summed E-state index contributed by atoms with van der Waals surface area (Å²) in [6.45, 7) is 4.50. The van der Waals surface area contributed by atoms with Gasteiger partial charge < -0.3 is 5.32 Å². The minimum Gasteiger partial charge on any atom is -0.352 e. The molecule has 1 aromatic rings. The zero-order valence-electron chi connectivity index (χ0n) is 9.66. The Kier molecular flexibility index (Phi) is 5.26. The summed E-state index contributed by atoms with van der Waals surface area (Å²) < 4.78 is 0. The number of aryl methyl sites for hydroxylation is 1. The molecule has 0 bridgehead atoms. The Labute approximate surface area is 101 Å². The van der Waals surface area contributed by atoms with Crippen LogP contribution in [0.3, 0.4) is 0 Å². The lowest BCUT2D eigenvalue weighted by Gasteiger charge is -2.05. The van der Waals surface area contributed by atoms with Crippen molar-refractivity contribution in [3.8, 4) is 0 Å². The zero-order valence-corrected chi connectivity index (χ0v) is 10.4. The Morgan fingerprint density at radius 1 is 1.56 bits per heavy atom. The Hall–Kier alpha value is -1.09. The molecule has 4 heteroatoms. The Morgan fingerprint density at radius 2 is 2.31 bits per heavy atom. The fourth-order valence-electron chi connectivity index (χ4n) is 1.29. The van der Waals surface area contributed by atoms with Gasteiger partial charge in [0.15, 0.2) is 0 Å². The van der Waals surface area contributed by atoms with Crippen LogP contribution < -0.4 is 5.32 Å². The first-order valence-corrected chi connectivity index (χ1v) is 5.88. The normalized spacial score (nSPS) is 12.2. The van der Waals surface area contributed by atoms with E-state index in [0.717, 1.165) is 18.5 Å². The summed E-state index contributed by atoms with van der Waals surface area (Å²) in [6.07, 6.45) is 3.40. The van der Waals surface area contributed by atoms with Crippen molar-refractivity contribution in [2.75, 3.05) is 6.54 Å². The smallest absolute Gasteiger partial charge is 0.252 e. The molecule has 16 heavy (non-hydrogen) atoms. The molecule has 0 fully saturated rings. The molecule has 0 spiro atoms. The second-order valence-corrected chi connectivity index (χ2v) is 4.61. The Morgan fingerprint density at radius 3 is 2.88 bits per heavy atom. The van der Waals surface area contributed by atoms with Crippen LogP contribution in [0.15, 0.2) is 18.3 Å². The highest BCUT2D eigenvalue weighted by molar-refractivity contribution is 6.20. The van der Waals surface area contributed by atoms with Crippen molar-refractivity contribution in [1.82, 2.24) is 10.3 Å². The van der Waals surface area contributed by atoms with Crippen LogP contribution in [0.5, 0.6) is 0 Å². The van der Waals surface area contributed by atoms with Gasteiger partial charge in [0.1, 0.15) is 0 Å². The van der Waals surface area contributed by atoms with Crippen LogP contribution in [-0.4, -0.2) is 22.8 Å². The lowest BCUT2D eigenvalue weighted by molar-refractivity contribution is 0.0952. The third kappa shape index (κ3) is 4.62. The van der Waals surface area contributed by atoms with Crippen molar-refractivity contribution in [1.29, 1.82) is 0 Å². The van der Waals surface area contributed by atoms with E-state index in [9.17, 15) is 4.79 Å². The molecule has 1 aromatic heterocycles. The van der Waals surface area contributed by atoms with Gasteiger partial charge in [-0.3, -0.25) is 9.78 Å². The summed E-state index contributed by atoms with van der Waals surface area (Å²) in [6, 6.07) is 3.61. The van der Waals surface area contributed by atoms with Gasteiger partial charge in [-0.05, 0) is 38.8 Å². The number of carbonyl (C=O) groups is 1. The SMILES string of the molecule is Cc1ccc(C(=O)NCCCC(C)Cl)cn1. The predicted octanol–water partition coefficient (Wildman–Crippen LogP) is 2.53. The molecule has 1 rings (SSSR count). The van der Waals surface area contributed by atoms with Gasteiger partial charge in [0.25, 0.3) is 5.91 Å². The number of pyridine rings is 1. The fraction of sp³-hybridized carbons (Fsp3) is 0.500. The number of nitrogens with one attached hydrogen (secondary N) is 1. The maximum atomic E-state index is 11.6. The van der Waals surface area contributed by atoms with Gasteiger partial charge in [-0.15, -0.1) is 11.6 Å². The lowest BCUT2D eigenvalue weighted by atomic mass is 10.2. The number of hydrogen-bond acceptors (Lipinski definition) is 2. The van der Waals surface area contributed by atoms with E-state index in [1.54, 1.807) is 12.3 Å². The number of halogens is 1. The number of aromatic nitrogens is 1. The van der Waals surface area contributed by atoms with Crippen LogP contribution in [-0.2, 0) is 0 Å². The minimum absolute atomic E-state index is 0.0743. The quantitative estimate of drug-likeness (QED) is 0.635. The molecule has 1 N–H and O–H groups in total. The summed E-state index contributed by atoms with van der Waals surface area (Å²) in [5, 5.41) is 3.00. The first-order valence-electron chi connectivity index (χ1n) is 5.44. The van der Waals surface area contributed by atoms with Crippen LogP contribution in [0.1, 0.15) is 35.8 Å². The van der Waals surface area contributed by atoms with E-state index >= 15 is 0 Å². The van der Waals surface area contributed by atoms with Gasteiger partial charge in [0.05, 0.1) is 5.56 Å². The molecule has 1 unspecified atom stereocenters. The van der Waals surface area contributed by atoms with Gasteiger partial charge in [0.2, 0.25) is 0 Å². The molecule has 0 aliphatic carbocycles. The molecule has 0 saturated carbocycles. The number of nitrogens with zero attached hydrogens (tertiary/aromatic N) is 1. The molecule has 0 aliphatic rings. The summed E-state index contributed by atoms with van der Waals surface area (Å²) in [7, 11) is 0. The summed E-state index contributed by atoms with van der Waals surface area (Å²) in [5.74, 6) is -0.0743. The van der Waals surface area contributed by atoms with Crippen molar-refractivity contribution in [3.05, 3.63) is 29.6 Å². The molecule has 1 atom stereocenters. The zero-order chi connectivity index (χ0) is 12.0. The van der Waals surface area contributed by atoms with E-state index in [2.05, 4.69) is 10.3 Å². The summed E-state index contributed by atoms with van der Waals surface area (Å²) in [5.41, 5.74) is 1.51. The molecule has 1 amide bonds. The average molecular weight is 241 g/mol. The monoisotopic (exact) mass is 240 g/mol. The van der Waals surface area contributed by atoms with E-state index in [0.29, 0.717) is 12.1 Å². The van der Waals surface area contributed by atoms with E-state index in [1.807, 2.05) is 19.9 Å². The second-order valence-electron chi connectivity index (χ2n) is 3.87. The molecule has 0 aliphatic heterocycles. The largest absolute Gasteiger partial charge is 0.352 e. The number of hydrogen-bond donors (Lipinski definition) is 1. The van der Waals surface area contributed by atoms with Gasteiger partial charge in [0, 0.05) is 23.8 Å². The first-order chi connectivity index (χ1) is 7.59. The highest BCUT2D eigenvalue weighted by Gasteiger charge is 2.04. The van der Waals surface area contributed by atoms with E-state index in [-0.39, 0.29) is 11.3 Å². The Bertz CT molecular complexity index is 335. The molecular formula is C12H17ClN2O. The maximum Gasteiger partial charge on any atom is 0.252 e. The summed E-state index contributed by atoms with van der Waals surface area (Å²) >= 11 is 5.80. The number of rotatable bonds is 5. The third-order valence-electron chi connectivity index (χ3n) is 2.24. The third-order valence-corrected chi connectivity index (χ3v) is 2.46. The standard InChI is InChI=1S/C12H17ClN2O/c1-9(13)4-3-7-14-12(16)11-6-5-10(2)15-8-11/h5-6,8-9H,3-4,7H2,1-2H3,(H,14,16). The minimum atomic E-state index is -0.0743. The van der Waals surface area contributed by atoms with E-state index in [4.69, 9.17) is 11.6 Å². The van der Waals surface area contributed by atoms with Crippen LogP contribution in [0, 0.1) is 6.92 Å². The van der Waals surface area contributed by atoms with Crippen molar-refractivity contribution >= 4 is 17.5 Å². The van der Waals surface area contributed by atoms with Crippen LogP contribution in [0.2, 0.25) is 0 Å². The number of amides is 1. The molecule has 88 valence electrons. The molecule has 0 saturated heterocycles. The topological polar surface area (TPSA) is 42.0 Å². The van der Waals surface area contributed by atoms with Gasteiger partial charge in [-0.1, -0.05) is 0 Å². The molecule has 0 radical (unpaired) electrons.